The van der Waals surface area contributed by atoms with E-state index in [1.54, 1.807) is 30.5 Å². The first-order valence-corrected chi connectivity index (χ1v) is 5.86. The molecule has 0 saturated heterocycles. The van der Waals surface area contributed by atoms with Crippen molar-refractivity contribution in [2.24, 2.45) is 0 Å². The molecule has 3 heteroatoms. The molecule has 0 atom stereocenters. The van der Waals surface area contributed by atoms with Gasteiger partial charge in [0.1, 0.15) is 5.75 Å². The van der Waals surface area contributed by atoms with Gasteiger partial charge >= 0.3 is 0 Å². The number of nitriles is 1. The van der Waals surface area contributed by atoms with Gasteiger partial charge in [-0.15, -0.1) is 0 Å². The Kier molecular flexibility index (Phi) is 2.62. The number of aromatic nitrogens is 1. The SMILES string of the molecule is N#Cc1ccc2ncc(-c3ccccc3O)cc2c1. The van der Waals surface area contributed by atoms with Crippen LogP contribution in [-0.2, 0) is 0 Å². The third-order valence-corrected chi connectivity index (χ3v) is 3.03. The third kappa shape index (κ3) is 2.00. The normalized spacial score (nSPS) is 10.3. The molecule has 3 rings (SSSR count). The van der Waals surface area contributed by atoms with E-state index in [1.807, 2.05) is 24.3 Å². The van der Waals surface area contributed by atoms with Crippen molar-refractivity contribution in [1.82, 2.24) is 4.98 Å². The van der Waals surface area contributed by atoms with Crippen molar-refractivity contribution in [3.8, 4) is 22.9 Å². The molecule has 90 valence electrons. The molecule has 3 aromatic rings. The number of aromatic hydroxyl groups is 1. The predicted molar refractivity (Wildman–Crippen MR) is 73.6 cm³/mol. The fraction of sp³-hybridized carbons (Fsp3) is 0. The van der Waals surface area contributed by atoms with Gasteiger partial charge in [0, 0.05) is 22.7 Å². The number of phenols is 1. The van der Waals surface area contributed by atoms with E-state index in [1.165, 1.54) is 0 Å². The fourth-order valence-electron chi connectivity index (χ4n) is 2.07. The second-order valence-corrected chi connectivity index (χ2v) is 4.26. The zero-order valence-electron chi connectivity index (χ0n) is 10.0. The molecule has 1 N–H and O–H groups in total. The van der Waals surface area contributed by atoms with E-state index in [9.17, 15) is 5.11 Å². The highest BCUT2D eigenvalue weighted by Crippen LogP contribution is 2.29. The maximum absolute atomic E-state index is 9.86. The van der Waals surface area contributed by atoms with Crippen LogP contribution < -0.4 is 0 Å². The lowest BCUT2D eigenvalue weighted by Gasteiger charge is -2.05. The summed E-state index contributed by atoms with van der Waals surface area (Å²) in [5, 5.41) is 19.7. The van der Waals surface area contributed by atoms with Crippen molar-refractivity contribution in [2.75, 3.05) is 0 Å². The number of rotatable bonds is 1. The van der Waals surface area contributed by atoms with Gasteiger partial charge in [0.15, 0.2) is 0 Å². The first kappa shape index (κ1) is 11.2. The Hall–Kier alpha value is -2.86. The number of nitrogens with zero attached hydrogens (tertiary/aromatic N) is 2. The summed E-state index contributed by atoms with van der Waals surface area (Å²) in [6.45, 7) is 0. The van der Waals surface area contributed by atoms with E-state index < -0.39 is 0 Å². The van der Waals surface area contributed by atoms with Crippen LogP contribution in [0.4, 0.5) is 0 Å². The van der Waals surface area contributed by atoms with Crippen LogP contribution in [0.1, 0.15) is 5.56 Å². The van der Waals surface area contributed by atoms with Crippen molar-refractivity contribution in [3.63, 3.8) is 0 Å². The highest BCUT2D eigenvalue weighted by atomic mass is 16.3. The Morgan fingerprint density at radius 3 is 2.68 bits per heavy atom. The first-order valence-electron chi connectivity index (χ1n) is 5.86. The molecular formula is C16H10N2O. The first-order chi connectivity index (χ1) is 9.28. The van der Waals surface area contributed by atoms with Gasteiger partial charge in [-0.3, -0.25) is 4.98 Å². The fourth-order valence-corrected chi connectivity index (χ4v) is 2.07. The molecule has 0 amide bonds. The van der Waals surface area contributed by atoms with Gasteiger partial charge in [0.25, 0.3) is 0 Å². The minimum Gasteiger partial charge on any atom is -0.507 e. The lowest BCUT2D eigenvalue weighted by molar-refractivity contribution is 0.477. The second-order valence-electron chi connectivity index (χ2n) is 4.26. The summed E-state index contributed by atoms with van der Waals surface area (Å²) in [6, 6.07) is 16.5. The van der Waals surface area contributed by atoms with Crippen molar-refractivity contribution in [1.29, 1.82) is 5.26 Å². The van der Waals surface area contributed by atoms with Gasteiger partial charge in [0.05, 0.1) is 17.1 Å². The lowest BCUT2D eigenvalue weighted by Crippen LogP contribution is -1.84. The Morgan fingerprint density at radius 2 is 1.89 bits per heavy atom. The van der Waals surface area contributed by atoms with Crippen LogP contribution in [-0.4, -0.2) is 10.1 Å². The molecule has 0 fully saturated rings. The molecule has 0 aliphatic heterocycles. The Balaban J connectivity index is 2.21. The molecule has 2 aromatic carbocycles. The van der Waals surface area contributed by atoms with Crippen molar-refractivity contribution < 1.29 is 5.11 Å². The highest BCUT2D eigenvalue weighted by molar-refractivity contribution is 5.85. The molecular weight excluding hydrogens is 236 g/mol. The average molecular weight is 246 g/mol. The van der Waals surface area contributed by atoms with Gasteiger partial charge in [-0.2, -0.15) is 5.26 Å². The Morgan fingerprint density at radius 1 is 1.05 bits per heavy atom. The van der Waals surface area contributed by atoms with Crippen LogP contribution in [0.3, 0.4) is 0 Å². The van der Waals surface area contributed by atoms with E-state index in [0.717, 1.165) is 22.0 Å². The van der Waals surface area contributed by atoms with E-state index in [4.69, 9.17) is 5.26 Å². The molecule has 0 bridgehead atoms. The smallest absolute Gasteiger partial charge is 0.123 e. The minimum absolute atomic E-state index is 0.222. The summed E-state index contributed by atoms with van der Waals surface area (Å²) in [6.07, 6.45) is 1.73. The predicted octanol–water partition coefficient (Wildman–Crippen LogP) is 3.48. The number of benzene rings is 2. The molecule has 19 heavy (non-hydrogen) atoms. The van der Waals surface area contributed by atoms with Crippen LogP contribution in [0.25, 0.3) is 22.0 Å². The third-order valence-electron chi connectivity index (χ3n) is 3.03. The van der Waals surface area contributed by atoms with Gasteiger partial charge in [-0.05, 0) is 30.3 Å². The van der Waals surface area contributed by atoms with Crippen molar-refractivity contribution in [3.05, 3.63) is 60.3 Å². The van der Waals surface area contributed by atoms with E-state index in [0.29, 0.717) is 5.56 Å². The highest BCUT2D eigenvalue weighted by Gasteiger charge is 2.05. The summed E-state index contributed by atoms with van der Waals surface area (Å²) >= 11 is 0. The number of pyridine rings is 1. The van der Waals surface area contributed by atoms with Gasteiger partial charge in [-0.25, -0.2) is 0 Å². The summed E-state index contributed by atoms with van der Waals surface area (Å²) in [5.41, 5.74) is 3.00. The second kappa shape index (κ2) is 4.43. The number of hydrogen-bond acceptors (Lipinski definition) is 3. The Bertz CT molecular complexity index is 803. The summed E-state index contributed by atoms with van der Waals surface area (Å²) in [4.78, 5) is 4.35. The van der Waals surface area contributed by atoms with E-state index >= 15 is 0 Å². The molecule has 1 heterocycles. The average Bonchev–Trinajstić information content (AvgIpc) is 2.46. The van der Waals surface area contributed by atoms with Gasteiger partial charge in [-0.1, -0.05) is 18.2 Å². The molecule has 0 spiro atoms. The van der Waals surface area contributed by atoms with Crippen LogP contribution >= 0.6 is 0 Å². The van der Waals surface area contributed by atoms with Gasteiger partial charge < -0.3 is 5.11 Å². The number of phenolic OH excluding ortho intramolecular Hbond substituents is 1. The van der Waals surface area contributed by atoms with E-state index in [2.05, 4.69) is 11.1 Å². The molecule has 0 aliphatic rings. The number of fused-ring (bicyclic) bond motifs is 1. The van der Waals surface area contributed by atoms with Crippen LogP contribution in [0.2, 0.25) is 0 Å². The van der Waals surface area contributed by atoms with Crippen molar-refractivity contribution in [2.45, 2.75) is 0 Å². The zero-order valence-corrected chi connectivity index (χ0v) is 10.0. The standard InChI is InChI=1S/C16H10N2O/c17-9-11-5-6-15-12(7-11)8-13(10-18-15)14-3-1-2-4-16(14)19/h1-8,10,19H. The topological polar surface area (TPSA) is 56.9 Å². The van der Waals surface area contributed by atoms with E-state index in [-0.39, 0.29) is 5.75 Å². The lowest BCUT2D eigenvalue weighted by atomic mass is 10.0. The molecule has 0 aliphatic carbocycles. The summed E-state index contributed by atoms with van der Waals surface area (Å²) in [7, 11) is 0. The molecule has 0 radical (unpaired) electrons. The maximum Gasteiger partial charge on any atom is 0.123 e. The van der Waals surface area contributed by atoms with Crippen molar-refractivity contribution >= 4 is 10.9 Å². The quantitative estimate of drug-likeness (QED) is 0.715. The molecule has 0 saturated carbocycles. The number of para-hydroxylation sites is 1. The zero-order chi connectivity index (χ0) is 13.2. The Labute approximate surface area is 110 Å². The largest absolute Gasteiger partial charge is 0.507 e. The number of hydrogen-bond donors (Lipinski definition) is 1. The van der Waals surface area contributed by atoms with Crippen LogP contribution in [0.15, 0.2) is 54.7 Å². The summed E-state index contributed by atoms with van der Waals surface area (Å²) in [5.74, 6) is 0.222. The maximum atomic E-state index is 9.86. The molecule has 3 nitrogen and oxygen atoms in total. The van der Waals surface area contributed by atoms with Crippen LogP contribution in [0.5, 0.6) is 5.75 Å². The minimum atomic E-state index is 0.222. The molecule has 1 aromatic heterocycles. The summed E-state index contributed by atoms with van der Waals surface area (Å²) < 4.78 is 0. The molecule has 0 unspecified atom stereocenters. The van der Waals surface area contributed by atoms with Crippen LogP contribution in [0, 0.1) is 11.3 Å². The van der Waals surface area contributed by atoms with Gasteiger partial charge in [0.2, 0.25) is 0 Å². The monoisotopic (exact) mass is 246 g/mol.